The summed E-state index contributed by atoms with van der Waals surface area (Å²) in [5, 5.41) is 14.1. The summed E-state index contributed by atoms with van der Waals surface area (Å²) in [6, 6.07) is 11.0. The molecule has 6 nitrogen and oxygen atoms in total. The normalized spacial score (nSPS) is 11.6. The van der Waals surface area contributed by atoms with E-state index in [9.17, 15) is 14.0 Å². The molecule has 144 valence electrons. The van der Waals surface area contributed by atoms with Gasteiger partial charge in [0.15, 0.2) is 5.75 Å². The monoisotopic (exact) mass is 438 g/mol. The number of rotatable bonds is 7. The van der Waals surface area contributed by atoms with E-state index < -0.39 is 23.7 Å². The standard InChI is InChI=1S/C19H20BrFN2O4/c1-27-17-14(20)10-13(21)11-16(17)23-19(26)18(25)22-15(8-5-9-24)12-6-3-2-4-7-12/h2-4,6-7,10-11,15,24H,5,8-9H2,1H3,(H,22,25)(H,23,26)/t15-/m0/s1. The lowest BCUT2D eigenvalue weighted by molar-refractivity contribution is -0.136. The molecule has 0 fully saturated rings. The third-order valence-electron chi connectivity index (χ3n) is 3.83. The third-order valence-corrected chi connectivity index (χ3v) is 4.41. The van der Waals surface area contributed by atoms with Gasteiger partial charge in [0.05, 0.1) is 23.3 Å². The molecule has 8 heteroatoms. The smallest absolute Gasteiger partial charge is 0.313 e. The summed E-state index contributed by atoms with van der Waals surface area (Å²) < 4.78 is 19.0. The number of halogens is 2. The molecule has 2 aromatic carbocycles. The number of amides is 2. The molecule has 0 radical (unpaired) electrons. The van der Waals surface area contributed by atoms with Gasteiger partial charge < -0.3 is 20.5 Å². The van der Waals surface area contributed by atoms with Gasteiger partial charge in [-0.25, -0.2) is 4.39 Å². The summed E-state index contributed by atoms with van der Waals surface area (Å²) in [6.07, 6.45) is 0.931. The maximum absolute atomic E-state index is 13.6. The minimum atomic E-state index is -0.948. The maximum atomic E-state index is 13.6. The topological polar surface area (TPSA) is 87.7 Å². The van der Waals surface area contributed by atoms with Gasteiger partial charge >= 0.3 is 11.8 Å². The number of ether oxygens (including phenoxy) is 1. The zero-order valence-corrected chi connectivity index (χ0v) is 16.3. The number of hydrogen-bond donors (Lipinski definition) is 3. The molecule has 0 aliphatic carbocycles. The van der Waals surface area contributed by atoms with Gasteiger partial charge in [-0.3, -0.25) is 9.59 Å². The van der Waals surface area contributed by atoms with Crippen LogP contribution in [0.2, 0.25) is 0 Å². The van der Waals surface area contributed by atoms with E-state index in [1.165, 1.54) is 13.2 Å². The Kier molecular flexibility index (Phi) is 7.75. The molecule has 1 atom stereocenters. The first-order valence-corrected chi connectivity index (χ1v) is 9.06. The predicted molar refractivity (Wildman–Crippen MR) is 103 cm³/mol. The number of anilines is 1. The summed E-state index contributed by atoms with van der Waals surface area (Å²) in [5.74, 6) is -2.21. The maximum Gasteiger partial charge on any atom is 0.313 e. The van der Waals surface area contributed by atoms with E-state index in [4.69, 9.17) is 9.84 Å². The zero-order chi connectivity index (χ0) is 19.8. The first-order valence-electron chi connectivity index (χ1n) is 8.27. The van der Waals surface area contributed by atoms with Crippen LogP contribution < -0.4 is 15.4 Å². The van der Waals surface area contributed by atoms with Crippen LogP contribution in [0.25, 0.3) is 0 Å². The lowest BCUT2D eigenvalue weighted by atomic mass is 10.0. The van der Waals surface area contributed by atoms with Gasteiger partial charge in [-0.2, -0.15) is 0 Å². The number of carbonyl (C=O) groups is 2. The van der Waals surface area contributed by atoms with Crippen molar-refractivity contribution in [2.45, 2.75) is 18.9 Å². The van der Waals surface area contributed by atoms with E-state index in [1.54, 1.807) is 0 Å². The van der Waals surface area contributed by atoms with Crippen molar-refractivity contribution < 1.29 is 23.8 Å². The molecule has 2 aromatic rings. The average molecular weight is 439 g/mol. The molecule has 0 aliphatic rings. The first kappa shape index (κ1) is 20.9. The van der Waals surface area contributed by atoms with Crippen LogP contribution in [-0.4, -0.2) is 30.6 Å². The molecule has 0 aromatic heterocycles. The van der Waals surface area contributed by atoms with E-state index >= 15 is 0 Å². The number of aliphatic hydroxyl groups is 1. The van der Waals surface area contributed by atoms with Crippen molar-refractivity contribution in [1.82, 2.24) is 5.32 Å². The van der Waals surface area contributed by atoms with E-state index in [0.29, 0.717) is 17.3 Å². The predicted octanol–water partition coefficient (Wildman–Crippen LogP) is 3.17. The fourth-order valence-corrected chi connectivity index (χ4v) is 3.16. The highest BCUT2D eigenvalue weighted by Gasteiger charge is 2.22. The third kappa shape index (κ3) is 5.77. The minimum absolute atomic E-state index is 0.0279. The zero-order valence-electron chi connectivity index (χ0n) is 14.7. The number of hydrogen-bond acceptors (Lipinski definition) is 4. The second-order valence-corrected chi connectivity index (χ2v) is 6.58. The van der Waals surface area contributed by atoms with Crippen LogP contribution >= 0.6 is 15.9 Å². The van der Waals surface area contributed by atoms with E-state index in [-0.39, 0.29) is 18.0 Å². The Morgan fingerprint density at radius 1 is 1.22 bits per heavy atom. The highest BCUT2D eigenvalue weighted by molar-refractivity contribution is 9.10. The molecular formula is C19H20BrFN2O4. The van der Waals surface area contributed by atoms with Crippen molar-refractivity contribution in [2.75, 3.05) is 19.0 Å². The molecule has 0 saturated heterocycles. The van der Waals surface area contributed by atoms with Crippen LogP contribution in [0, 0.1) is 5.82 Å². The van der Waals surface area contributed by atoms with Crippen molar-refractivity contribution in [3.05, 3.63) is 58.3 Å². The molecule has 0 bridgehead atoms. The van der Waals surface area contributed by atoms with Gasteiger partial charge in [-0.05, 0) is 40.4 Å². The van der Waals surface area contributed by atoms with Gasteiger partial charge in [-0.1, -0.05) is 30.3 Å². The summed E-state index contributed by atoms with van der Waals surface area (Å²) in [6.45, 7) is -0.0279. The fourth-order valence-electron chi connectivity index (χ4n) is 2.57. The van der Waals surface area contributed by atoms with Crippen molar-refractivity contribution in [1.29, 1.82) is 0 Å². The molecule has 0 aliphatic heterocycles. The lowest BCUT2D eigenvalue weighted by Gasteiger charge is -2.19. The molecule has 27 heavy (non-hydrogen) atoms. The lowest BCUT2D eigenvalue weighted by Crippen LogP contribution is -2.38. The highest BCUT2D eigenvalue weighted by atomic mass is 79.9. The quantitative estimate of drug-likeness (QED) is 0.579. The van der Waals surface area contributed by atoms with Gasteiger partial charge in [0, 0.05) is 12.7 Å². The molecular weight excluding hydrogens is 419 g/mol. The van der Waals surface area contributed by atoms with Crippen molar-refractivity contribution in [3.8, 4) is 5.75 Å². The molecule has 3 N–H and O–H groups in total. The largest absolute Gasteiger partial charge is 0.493 e. The second-order valence-electron chi connectivity index (χ2n) is 5.73. The summed E-state index contributed by atoms with van der Waals surface area (Å²) in [5.41, 5.74) is 0.856. The number of nitrogens with one attached hydrogen (secondary N) is 2. The average Bonchev–Trinajstić information content (AvgIpc) is 2.65. The van der Waals surface area contributed by atoms with E-state index in [1.807, 2.05) is 30.3 Å². The highest BCUT2D eigenvalue weighted by Crippen LogP contribution is 2.34. The Hall–Kier alpha value is -2.45. The van der Waals surface area contributed by atoms with Crippen LogP contribution in [0.4, 0.5) is 10.1 Å². The van der Waals surface area contributed by atoms with Crippen molar-refractivity contribution in [2.24, 2.45) is 0 Å². The van der Waals surface area contributed by atoms with Crippen LogP contribution in [0.5, 0.6) is 5.75 Å². The molecule has 2 rings (SSSR count). The number of aliphatic hydroxyl groups excluding tert-OH is 1. The number of carbonyl (C=O) groups excluding carboxylic acids is 2. The number of benzene rings is 2. The van der Waals surface area contributed by atoms with Crippen LogP contribution in [0.15, 0.2) is 46.9 Å². The fraction of sp³-hybridized carbons (Fsp3) is 0.263. The Morgan fingerprint density at radius 3 is 2.56 bits per heavy atom. The summed E-state index contributed by atoms with van der Waals surface area (Å²) >= 11 is 3.14. The molecule has 0 spiro atoms. The van der Waals surface area contributed by atoms with Crippen LogP contribution in [0.3, 0.4) is 0 Å². The summed E-state index contributed by atoms with van der Waals surface area (Å²) in [4.78, 5) is 24.6. The molecule has 0 heterocycles. The van der Waals surface area contributed by atoms with Crippen LogP contribution in [-0.2, 0) is 9.59 Å². The minimum Gasteiger partial charge on any atom is -0.493 e. The number of methoxy groups -OCH3 is 1. The van der Waals surface area contributed by atoms with Gasteiger partial charge in [-0.15, -0.1) is 0 Å². The molecule has 2 amide bonds. The summed E-state index contributed by atoms with van der Waals surface area (Å²) in [7, 11) is 1.37. The SMILES string of the molecule is COc1c(Br)cc(F)cc1NC(=O)C(=O)N[C@@H](CCCO)c1ccccc1. The van der Waals surface area contributed by atoms with Crippen molar-refractivity contribution >= 4 is 33.4 Å². The molecule has 0 saturated carbocycles. The Bertz CT molecular complexity index is 802. The first-order chi connectivity index (χ1) is 13.0. The van der Waals surface area contributed by atoms with Gasteiger partial charge in [0.1, 0.15) is 5.82 Å². The van der Waals surface area contributed by atoms with Crippen LogP contribution in [0.1, 0.15) is 24.4 Å². The van der Waals surface area contributed by atoms with Crippen molar-refractivity contribution in [3.63, 3.8) is 0 Å². The van der Waals surface area contributed by atoms with E-state index in [2.05, 4.69) is 26.6 Å². The Morgan fingerprint density at radius 2 is 1.93 bits per heavy atom. The van der Waals surface area contributed by atoms with Gasteiger partial charge in [0.2, 0.25) is 0 Å². The Balaban J connectivity index is 2.13. The molecule has 0 unspecified atom stereocenters. The second kappa shape index (κ2) is 10.0. The van der Waals surface area contributed by atoms with Gasteiger partial charge in [0.25, 0.3) is 0 Å². The van der Waals surface area contributed by atoms with E-state index in [0.717, 1.165) is 11.6 Å². The Labute approximate surface area is 164 Å².